The van der Waals surface area contributed by atoms with Gasteiger partial charge in [0.1, 0.15) is 11.5 Å². The van der Waals surface area contributed by atoms with Crippen molar-refractivity contribution in [3.63, 3.8) is 0 Å². The van der Waals surface area contributed by atoms with E-state index in [9.17, 15) is 0 Å². The predicted molar refractivity (Wildman–Crippen MR) is 86.4 cm³/mol. The first-order valence-electron chi connectivity index (χ1n) is 6.87. The summed E-state index contributed by atoms with van der Waals surface area (Å²) in [4.78, 5) is 0. The smallest absolute Gasteiger partial charge is 0.120 e. The third-order valence-electron chi connectivity index (χ3n) is 2.73. The molecule has 0 spiro atoms. The first-order chi connectivity index (χ1) is 10.2. The third-order valence-corrected chi connectivity index (χ3v) is 2.73. The molecule has 2 aromatic rings. The van der Waals surface area contributed by atoms with Crippen LogP contribution in [-0.4, -0.2) is 19.4 Å². The minimum Gasteiger partial charge on any atom is -0.497 e. The Morgan fingerprint density at radius 3 is 2.48 bits per heavy atom. The van der Waals surface area contributed by atoms with Gasteiger partial charge >= 0.3 is 0 Å². The van der Waals surface area contributed by atoms with E-state index in [4.69, 9.17) is 9.47 Å². The molecule has 1 N–H and O–H groups in total. The molecule has 0 aromatic heterocycles. The van der Waals surface area contributed by atoms with Crippen LogP contribution in [0, 0.1) is 0 Å². The molecule has 2 aromatic carbocycles. The van der Waals surface area contributed by atoms with Crippen molar-refractivity contribution in [3.05, 3.63) is 54.1 Å². The molecule has 21 heavy (non-hydrogen) atoms. The summed E-state index contributed by atoms with van der Waals surface area (Å²) in [7, 11) is 1.65. The van der Waals surface area contributed by atoms with Crippen LogP contribution in [0.2, 0.25) is 0 Å². The van der Waals surface area contributed by atoms with Crippen molar-refractivity contribution in [2.24, 2.45) is 5.10 Å². The van der Waals surface area contributed by atoms with Crippen molar-refractivity contribution in [2.45, 2.75) is 20.0 Å². The number of methoxy groups -OCH3 is 1. The van der Waals surface area contributed by atoms with E-state index in [0.717, 1.165) is 22.7 Å². The minimum atomic E-state index is 0.162. The average Bonchev–Trinajstić information content (AvgIpc) is 2.48. The lowest BCUT2D eigenvalue weighted by molar-refractivity contribution is 0.242. The lowest BCUT2D eigenvalue weighted by Crippen LogP contribution is -2.05. The van der Waals surface area contributed by atoms with Gasteiger partial charge in [0.05, 0.1) is 25.1 Å². The predicted octanol–water partition coefficient (Wildman–Crippen LogP) is 3.93. The molecule has 0 heterocycles. The normalized spacial score (nSPS) is 10.9. The number of hydrogen-bond donors (Lipinski definition) is 1. The molecule has 0 radical (unpaired) electrons. The summed E-state index contributed by atoms with van der Waals surface area (Å²) in [5, 5.41) is 4.22. The Kier molecular flexibility index (Phi) is 5.21. The van der Waals surface area contributed by atoms with E-state index >= 15 is 0 Å². The zero-order valence-corrected chi connectivity index (χ0v) is 12.5. The lowest BCUT2D eigenvalue weighted by atomic mass is 10.2. The van der Waals surface area contributed by atoms with E-state index in [-0.39, 0.29) is 6.10 Å². The number of rotatable bonds is 6. The molecule has 0 saturated heterocycles. The quantitative estimate of drug-likeness (QED) is 0.645. The molecule has 4 nitrogen and oxygen atoms in total. The highest BCUT2D eigenvalue weighted by molar-refractivity contribution is 5.80. The molecule has 0 aliphatic carbocycles. The van der Waals surface area contributed by atoms with Crippen LogP contribution in [0.1, 0.15) is 19.4 Å². The Labute approximate surface area is 125 Å². The minimum absolute atomic E-state index is 0.162. The maximum atomic E-state index is 5.65. The van der Waals surface area contributed by atoms with E-state index in [2.05, 4.69) is 10.5 Å². The number of nitrogens with zero attached hydrogens (tertiary/aromatic N) is 1. The highest BCUT2D eigenvalue weighted by Gasteiger charge is 1.98. The van der Waals surface area contributed by atoms with Gasteiger partial charge in [-0.05, 0) is 55.8 Å². The lowest BCUT2D eigenvalue weighted by Gasteiger charge is -2.09. The summed E-state index contributed by atoms with van der Waals surface area (Å²) in [5.74, 6) is 1.67. The van der Waals surface area contributed by atoms with Crippen LogP contribution in [0.15, 0.2) is 53.6 Å². The van der Waals surface area contributed by atoms with Gasteiger partial charge < -0.3 is 9.47 Å². The number of hydrazone groups is 1. The van der Waals surface area contributed by atoms with E-state index in [1.165, 1.54) is 0 Å². The van der Waals surface area contributed by atoms with Crippen LogP contribution < -0.4 is 14.9 Å². The highest BCUT2D eigenvalue weighted by atomic mass is 16.5. The molecular formula is C17H20N2O2. The van der Waals surface area contributed by atoms with Crippen molar-refractivity contribution in [1.82, 2.24) is 0 Å². The molecule has 0 saturated carbocycles. The molecule has 0 unspecified atom stereocenters. The maximum Gasteiger partial charge on any atom is 0.120 e. The van der Waals surface area contributed by atoms with Gasteiger partial charge in [0.2, 0.25) is 0 Å². The van der Waals surface area contributed by atoms with Gasteiger partial charge in [0.25, 0.3) is 0 Å². The van der Waals surface area contributed by atoms with E-state index in [1.54, 1.807) is 13.3 Å². The fourth-order valence-electron chi connectivity index (χ4n) is 1.79. The fourth-order valence-corrected chi connectivity index (χ4v) is 1.79. The summed E-state index contributed by atoms with van der Waals surface area (Å²) in [6.45, 7) is 4.01. The van der Waals surface area contributed by atoms with Gasteiger partial charge in [-0.1, -0.05) is 12.1 Å². The molecule has 0 fully saturated rings. The van der Waals surface area contributed by atoms with Crippen LogP contribution in [0.25, 0.3) is 0 Å². The molecule has 110 valence electrons. The Hall–Kier alpha value is -2.49. The van der Waals surface area contributed by atoms with Crippen LogP contribution in [0.5, 0.6) is 11.5 Å². The van der Waals surface area contributed by atoms with E-state index < -0.39 is 0 Å². The Morgan fingerprint density at radius 2 is 1.81 bits per heavy atom. The molecule has 2 rings (SSSR count). The molecule has 0 atom stereocenters. The third kappa shape index (κ3) is 4.84. The van der Waals surface area contributed by atoms with Gasteiger partial charge in [-0.25, -0.2) is 0 Å². The Morgan fingerprint density at radius 1 is 1.05 bits per heavy atom. The first-order valence-corrected chi connectivity index (χ1v) is 6.87. The van der Waals surface area contributed by atoms with Crippen molar-refractivity contribution in [2.75, 3.05) is 12.5 Å². The molecule has 0 aliphatic rings. The van der Waals surface area contributed by atoms with Gasteiger partial charge in [0, 0.05) is 0 Å². The van der Waals surface area contributed by atoms with Gasteiger partial charge in [-0.3, -0.25) is 5.43 Å². The van der Waals surface area contributed by atoms with Crippen molar-refractivity contribution < 1.29 is 9.47 Å². The molecule has 0 aliphatic heterocycles. The zero-order chi connectivity index (χ0) is 15.1. The largest absolute Gasteiger partial charge is 0.497 e. The Balaban J connectivity index is 1.97. The second kappa shape index (κ2) is 7.33. The van der Waals surface area contributed by atoms with Gasteiger partial charge in [-0.15, -0.1) is 0 Å². The van der Waals surface area contributed by atoms with Crippen molar-refractivity contribution >= 4 is 11.9 Å². The van der Waals surface area contributed by atoms with Crippen LogP contribution >= 0.6 is 0 Å². The summed E-state index contributed by atoms with van der Waals surface area (Å²) in [6.07, 6.45) is 1.92. The second-order valence-corrected chi connectivity index (χ2v) is 4.84. The van der Waals surface area contributed by atoms with Crippen molar-refractivity contribution in [3.8, 4) is 11.5 Å². The number of ether oxygens (including phenoxy) is 2. The highest BCUT2D eigenvalue weighted by Crippen LogP contribution is 2.16. The topological polar surface area (TPSA) is 42.8 Å². The van der Waals surface area contributed by atoms with Gasteiger partial charge in [0.15, 0.2) is 0 Å². The molecule has 0 bridgehead atoms. The van der Waals surface area contributed by atoms with Gasteiger partial charge in [-0.2, -0.15) is 5.10 Å². The molecule has 4 heteroatoms. The summed E-state index contributed by atoms with van der Waals surface area (Å²) in [5.41, 5.74) is 4.86. The zero-order valence-electron chi connectivity index (χ0n) is 12.5. The summed E-state index contributed by atoms with van der Waals surface area (Å²) < 4.78 is 10.8. The monoisotopic (exact) mass is 284 g/mol. The number of anilines is 1. The maximum absolute atomic E-state index is 5.65. The van der Waals surface area contributed by atoms with E-state index in [1.807, 2.05) is 62.4 Å². The second-order valence-electron chi connectivity index (χ2n) is 4.84. The van der Waals surface area contributed by atoms with Crippen LogP contribution in [-0.2, 0) is 0 Å². The summed E-state index contributed by atoms with van der Waals surface area (Å²) in [6, 6.07) is 15.4. The molecule has 0 amide bonds. The number of hydrogen-bond acceptors (Lipinski definition) is 4. The number of benzene rings is 2. The number of nitrogens with one attached hydrogen (secondary N) is 1. The molecular weight excluding hydrogens is 264 g/mol. The standard InChI is InChI=1S/C17H20N2O2/c1-13(2)21-17-6-4-5-14(11-17)12-18-19-15-7-9-16(20-3)10-8-15/h4-13,19H,1-3H3/b18-12+. The summed E-state index contributed by atoms with van der Waals surface area (Å²) >= 11 is 0. The Bertz CT molecular complexity index is 592. The van der Waals surface area contributed by atoms with Crippen LogP contribution in [0.3, 0.4) is 0 Å². The first kappa shape index (κ1) is 14.9. The van der Waals surface area contributed by atoms with Crippen molar-refractivity contribution in [1.29, 1.82) is 0 Å². The fraction of sp³-hybridized carbons (Fsp3) is 0.235. The average molecular weight is 284 g/mol. The SMILES string of the molecule is COc1ccc(N/N=C/c2cccc(OC(C)C)c2)cc1. The van der Waals surface area contributed by atoms with E-state index in [0.29, 0.717) is 0 Å². The van der Waals surface area contributed by atoms with Crippen LogP contribution in [0.4, 0.5) is 5.69 Å².